The van der Waals surface area contributed by atoms with E-state index in [1.165, 1.54) is 0 Å². The number of aromatic nitrogens is 1. The highest BCUT2D eigenvalue weighted by Crippen LogP contribution is 2.44. The second-order valence-corrected chi connectivity index (χ2v) is 18.3. The lowest BCUT2D eigenvalue weighted by Gasteiger charge is -2.41. The van der Waals surface area contributed by atoms with Crippen LogP contribution in [0.2, 0.25) is 0 Å². The molecule has 5 amide bonds. The Balaban J connectivity index is 1.16. The zero-order valence-electron chi connectivity index (χ0n) is 36.7. The third-order valence-corrected chi connectivity index (χ3v) is 12.1. The van der Waals surface area contributed by atoms with Crippen LogP contribution in [0.1, 0.15) is 63.6 Å². The highest BCUT2D eigenvalue weighted by atomic mass is 32.2. The predicted molar refractivity (Wildman–Crippen MR) is 234 cm³/mol. The van der Waals surface area contributed by atoms with Gasteiger partial charge in [0.15, 0.2) is 6.10 Å². The Labute approximate surface area is 382 Å². The molecule has 20 heteroatoms. The Morgan fingerprint density at radius 3 is 2.26 bits per heavy atom. The lowest BCUT2D eigenvalue weighted by Crippen LogP contribution is -2.51. The normalized spacial score (nSPS) is 17.7. The number of benzene rings is 2. The predicted octanol–water partition coefficient (Wildman–Crippen LogP) is 5.58. The lowest BCUT2D eigenvalue weighted by molar-refractivity contribution is -0.205. The first-order valence-corrected chi connectivity index (χ1v) is 22.7. The van der Waals surface area contributed by atoms with Gasteiger partial charge in [-0.15, -0.1) is 0 Å². The molecule has 0 saturated carbocycles. The second kappa shape index (κ2) is 23.2. The molecule has 1 fully saturated rings. The fourth-order valence-electron chi connectivity index (χ4n) is 8.03. The van der Waals surface area contributed by atoms with Crippen molar-refractivity contribution in [3.63, 3.8) is 0 Å². The van der Waals surface area contributed by atoms with E-state index in [1.54, 1.807) is 12.3 Å². The molecule has 0 spiro atoms. The van der Waals surface area contributed by atoms with Crippen molar-refractivity contribution >= 4 is 47.3 Å². The number of alkyl halides is 4. The highest BCUT2D eigenvalue weighted by molar-refractivity contribution is 7.99. The molecule has 13 nitrogen and oxygen atoms in total. The van der Waals surface area contributed by atoms with E-state index >= 15 is 8.78 Å². The number of unbranched alkanes of at least 4 members (excludes halogenated alkanes) is 1. The van der Waals surface area contributed by atoms with Crippen molar-refractivity contribution in [1.29, 1.82) is 0 Å². The van der Waals surface area contributed by atoms with Crippen LogP contribution in [0.3, 0.4) is 0 Å². The lowest BCUT2D eigenvalue weighted by atomic mass is 9.70. The van der Waals surface area contributed by atoms with Crippen LogP contribution >= 0.6 is 11.8 Å². The average Bonchev–Trinajstić information content (AvgIpc) is 3.96. The molecule has 3 heterocycles. The number of carbonyl (C=O) groups excluding carboxylic acids is 6. The van der Waals surface area contributed by atoms with Gasteiger partial charge in [-0.05, 0) is 54.5 Å². The van der Waals surface area contributed by atoms with E-state index < -0.39 is 88.9 Å². The number of nitrogens with one attached hydrogen (secondary N) is 4. The van der Waals surface area contributed by atoms with E-state index in [2.05, 4.69) is 26.0 Å². The van der Waals surface area contributed by atoms with Crippen molar-refractivity contribution in [2.45, 2.75) is 83.4 Å². The topological polar surface area (TPSA) is 168 Å². The van der Waals surface area contributed by atoms with Crippen LogP contribution in [0.25, 0.3) is 11.1 Å². The maximum Gasteiger partial charge on any atom is 0.490 e. The maximum atomic E-state index is 15.7. The number of amides is 5. The zero-order chi connectivity index (χ0) is 48.2. The van der Waals surface area contributed by atoms with Gasteiger partial charge >= 0.3 is 12.1 Å². The standard InChI is InChI=1S/C46H54F6N6O7S/c1-45(2,3)41(35-21-29(31-22-30(47)12-13-33(31)48)26-57(35)25-28-9-5-4-6-10-28)42(32-23-53-24-34(32)49)56-38(60)27-66-20-16-37(59)54-17-18-55-43(63)36(65-44(64)46(50,51)52)11-7-8-19-58-39(61)14-15-40(58)62/h4-6,9-10,12-15,21-22,26,32,34,36,41-42,53H,7-8,11,16-20,23-25,27H2,1-3H3,(H,54,59)(H,55,63)(H,56,60)/t32-,34+,36?,41+,42?/m1/s1. The summed E-state index contributed by atoms with van der Waals surface area (Å²) in [5.74, 6) is -7.85. The number of thioether (sulfide) groups is 1. The number of esters is 1. The first kappa shape index (κ1) is 51.4. The summed E-state index contributed by atoms with van der Waals surface area (Å²) in [6, 6.07) is 13.8. The first-order valence-electron chi connectivity index (χ1n) is 21.5. The minimum absolute atomic E-state index is 0.0305. The monoisotopic (exact) mass is 948 g/mol. The van der Waals surface area contributed by atoms with E-state index in [0.29, 0.717) is 17.8 Å². The largest absolute Gasteiger partial charge is 0.490 e. The fourth-order valence-corrected chi connectivity index (χ4v) is 8.78. The van der Waals surface area contributed by atoms with Crippen molar-refractivity contribution in [1.82, 2.24) is 30.7 Å². The van der Waals surface area contributed by atoms with Gasteiger partial charge in [0.05, 0.1) is 5.75 Å². The van der Waals surface area contributed by atoms with Gasteiger partial charge in [-0.25, -0.2) is 18.0 Å². The molecule has 3 aromatic rings. The Hall–Kier alpha value is -5.63. The quantitative estimate of drug-likeness (QED) is 0.0436. The van der Waals surface area contributed by atoms with E-state index in [9.17, 15) is 46.3 Å². The summed E-state index contributed by atoms with van der Waals surface area (Å²) in [5, 5.41) is 11.1. The van der Waals surface area contributed by atoms with Crippen LogP contribution in [0, 0.1) is 23.0 Å². The molecule has 2 aliphatic heterocycles. The van der Waals surface area contributed by atoms with E-state index in [-0.39, 0.29) is 75.5 Å². The summed E-state index contributed by atoms with van der Waals surface area (Å²) >= 11 is 1.15. The summed E-state index contributed by atoms with van der Waals surface area (Å²) < 4.78 is 90.5. The van der Waals surface area contributed by atoms with Crippen molar-refractivity contribution in [2.24, 2.45) is 11.3 Å². The molecule has 2 aromatic carbocycles. The smallest absolute Gasteiger partial charge is 0.446 e. The minimum atomic E-state index is -5.36. The van der Waals surface area contributed by atoms with E-state index in [0.717, 1.165) is 52.6 Å². The third-order valence-electron chi connectivity index (χ3n) is 11.2. The number of nitrogens with zero attached hydrogens (tertiary/aromatic N) is 2. The van der Waals surface area contributed by atoms with Crippen LogP contribution in [0.5, 0.6) is 0 Å². The van der Waals surface area contributed by atoms with Crippen LogP contribution < -0.4 is 21.3 Å². The Bertz CT molecular complexity index is 2220. The number of rotatable bonds is 22. The number of ether oxygens (including phenoxy) is 1. The molecule has 0 aliphatic carbocycles. The number of imide groups is 1. The zero-order valence-corrected chi connectivity index (χ0v) is 37.5. The van der Waals surface area contributed by atoms with Crippen LogP contribution in [-0.4, -0.2) is 114 Å². The van der Waals surface area contributed by atoms with Gasteiger partial charge in [0, 0.05) is 104 Å². The molecule has 4 N–H and O–H groups in total. The average molecular weight is 949 g/mol. The summed E-state index contributed by atoms with van der Waals surface area (Å²) in [6.45, 7) is 6.24. The molecule has 1 saturated heterocycles. The van der Waals surface area contributed by atoms with E-state index in [1.807, 2.05) is 55.7 Å². The maximum absolute atomic E-state index is 15.7. The molecule has 0 radical (unpaired) electrons. The molecule has 2 aliphatic rings. The highest BCUT2D eigenvalue weighted by Gasteiger charge is 2.46. The van der Waals surface area contributed by atoms with Crippen molar-refractivity contribution in [3.8, 4) is 11.1 Å². The van der Waals surface area contributed by atoms with Crippen molar-refractivity contribution in [2.75, 3.05) is 44.2 Å². The molecule has 2 unspecified atom stereocenters. The first-order chi connectivity index (χ1) is 31.2. The molecule has 1 aromatic heterocycles. The molecule has 5 atom stereocenters. The van der Waals surface area contributed by atoms with Gasteiger partial charge in [-0.1, -0.05) is 51.1 Å². The van der Waals surface area contributed by atoms with Crippen LogP contribution in [0.4, 0.5) is 26.3 Å². The van der Waals surface area contributed by atoms with Crippen LogP contribution in [-0.2, 0) is 40.0 Å². The van der Waals surface area contributed by atoms with E-state index in [4.69, 9.17) is 0 Å². The Kier molecular flexibility index (Phi) is 18.1. The van der Waals surface area contributed by atoms with Gasteiger partial charge in [0.1, 0.15) is 17.8 Å². The molecule has 5 rings (SSSR count). The number of hydrogen-bond acceptors (Lipinski definition) is 9. The number of carbonyl (C=O) groups is 6. The molecule has 0 bridgehead atoms. The Morgan fingerprint density at radius 1 is 0.909 bits per heavy atom. The van der Waals surface area contributed by atoms with Gasteiger partial charge in [0.2, 0.25) is 11.8 Å². The molecular weight excluding hydrogens is 895 g/mol. The molecular formula is C46H54F6N6O7S. The molecule has 358 valence electrons. The number of hydrogen-bond donors (Lipinski definition) is 4. The van der Waals surface area contributed by atoms with Crippen LogP contribution in [0.15, 0.2) is 72.9 Å². The SMILES string of the molecule is CC(C)(C)[C@@H](c1cc(-c2cc(F)ccc2F)cn1Cc1ccccc1)C(NC(=O)CSCCC(=O)NCCNC(=O)C(CCCCN1C(=O)C=CC1=O)OC(=O)C(F)(F)F)[C@@H]1CNC[C@@H]1F. The minimum Gasteiger partial charge on any atom is -0.446 e. The summed E-state index contributed by atoms with van der Waals surface area (Å²) in [4.78, 5) is 74.9. The number of halogens is 6. The van der Waals surface area contributed by atoms with Gasteiger partial charge in [-0.3, -0.25) is 28.9 Å². The van der Waals surface area contributed by atoms with Gasteiger partial charge in [-0.2, -0.15) is 24.9 Å². The third kappa shape index (κ3) is 14.4. The molecule has 66 heavy (non-hydrogen) atoms. The Morgan fingerprint density at radius 2 is 1.61 bits per heavy atom. The van der Waals surface area contributed by atoms with Gasteiger partial charge < -0.3 is 30.6 Å². The van der Waals surface area contributed by atoms with Crippen molar-refractivity contribution < 1.29 is 59.8 Å². The fraction of sp³-hybridized carbons (Fsp3) is 0.478. The second-order valence-electron chi connectivity index (χ2n) is 17.2. The van der Waals surface area contributed by atoms with Crippen molar-refractivity contribution in [3.05, 3.63) is 95.8 Å². The van der Waals surface area contributed by atoms with Gasteiger partial charge in [0.25, 0.3) is 17.7 Å². The summed E-state index contributed by atoms with van der Waals surface area (Å²) in [6.07, 6.45) is -4.82. The summed E-state index contributed by atoms with van der Waals surface area (Å²) in [7, 11) is 0. The summed E-state index contributed by atoms with van der Waals surface area (Å²) in [5.41, 5.74) is 1.50.